The lowest BCUT2D eigenvalue weighted by atomic mass is 10.0. The van der Waals surface area contributed by atoms with Crippen LogP contribution in [0.4, 0.5) is 0 Å². The standard InChI is InChI=1S/C15H15NO3/c17-14(10-9-12-6-2-1-3-7-12)16-11-5-4-8-13(16)15(18)19/h1-3,6-7,13H,4-5,8,11H2,(H,18,19)/t13-/m1/s1. The molecule has 4 heteroatoms. The van der Waals surface area contributed by atoms with E-state index < -0.39 is 17.9 Å². The Hall–Kier alpha value is -2.28. The maximum atomic E-state index is 12.0. The maximum absolute atomic E-state index is 12.0. The van der Waals surface area contributed by atoms with Crippen LogP contribution in [-0.2, 0) is 9.59 Å². The summed E-state index contributed by atoms with van der Waals surface area (Å²) < 4.78 is 0. The van der Waals surface area contributed by atoms with Crippen molar-refractivity contribution in [2.45, 2.75) is 25.3 Å². The molecule has 1 atom stereocenters. The first-order chi connectivity index (χ1) is 9.18. The Balaban J connectivity index is 2.10. The molecule has 1 aromatic carbocycles. The Morgan fingerprint density at radius 3 is 2.63 bits per heavy atom. The minimum Gasteiger partial charge on any atom is -0.480 e. The molecular formula is C15H15NO3. The van der Waals surface area contributed by atoms with Gasteiger partial charge in [0, 0.05) is 18.0 Å². The zero-order chi connectivity index (χ0) is 13.7. The number of carbonyl (C=O) groups is 2. The molecule has 0 spiro atoms. The molecule has 0 bridgehead atoms. The third-order valence-electron chi connectivity index (χ3n) is 3.14. The lowest BCUT2D eigenvalue weighted by molar-refractivity contribution is -0.149. The molecule has 0 aliphatic carbocycles. The Bertz CT molecular complexity index is 527. The molecule has 98 valence electrons. The first-order valence-electron chi connectivity index (χ1n) is 6.29. The topological polar surface area (TPSA) is 57.6 Å². The second-order valence-corrected chi connectivity index (χ2v) is 4.46. The summed E-state index contributed by atoms with van der Waals surface area (Å²) >= 11 is 0. The Morgan fingerprint density at radius 2 is 1.95 bits per heavy atom. The molecule has 1 fully saturated rings. The Morgan fingerprint density at radius 1 is 1.21 bits per heavy atom. The molecule has 4 nitrogen and oxygen atoms in total. The quantitative estimate of drug-likeness (QED) is 0.776. The maximum Gasteiger partial charge on any atom is 0.326 e. The van der Waals surface area contributed by atoms with Crippen molar-refractivity contribution >= 4 is 11.9 Å². The molecule has 1 aliphatic heterocycles. The highest BCUT2D eigenvalue weighted by molar-refractivity contribution is 5.96. The fourth-order valence-corrected chi connectivity index (χ4v) is 2.15. The number of likely N-dealkylation sites (tertiary alicyclic amines) is 1. The van der Waals surface area contributed by atoms with Crippen molar-refractivity contribution in [1.29, 1.82) is 0 Å². The number of hydrogen-bond acceptors (Lipinski definition) is 2. The summed E-state index contributed by atoms with van der Waals surface area (Å²) in [6, 6.07) is 8.45. The molecule has 1 amide bonds. The van der Waals surface area contributed by atoms with E-state index in [-0.39, 0.29) is 0 Å². The van der Waals surface area contributed by atoms with Crippen molar-refractivity contribution in [2.24, 2.45) is 0 Å². The number of aliphatic carboxylic acids is 1. The van der Waals surface area contributed by atoms with Gasteiger partial charge in [0.25, 0.3) is 5.91 Å². The number of piperidine rings is 1. The van der Waals surface area contributed by atoms with Gasteiger partial charge in [0.05, 0.1) is 0 Å². The smallest absolute Gasteiger partial charge is 0.326 e. The highest BCUT2D eigenvalue weighted by Crippen LogP contribution is 2.17. The van der Waals surface area contributed by atoms with Gasteiger partial charge >= 0.3 is 5.97 Å². The van der Waals surface area contributed by atoms with Gasteiger partial charge in [0.2, 0.25) is 0 Å². The largest absolute Gasteiger partial charge is 0.480 e. The van der Waals surface area contributed by atoms with Crippen molar-refractivity contribution in [2.75, 3.05) is 6.54 Å². The van der Waals surface area contributed by atoms with Crippen LogP contribution in [-0.4, -0.2) is 34.5 Å². The number of carboxylic acid groups (broad SMARTS) is 1. The van der Waals surface area contributed by atoms with Crippen LogP contribution in [0.25, 0.3) is 0 Å². The predicted octanol–water partition coefficient (Wildman–Crippen LogP) is 1.50. The molecule has 0 saturated carbocycles. The summed E-state index contributed by atoms with van der Waals surface area (Å²) in [4.78, 5) is 24.4. The molecule has 1 heterocycles. The molecule has 0 radical (unpaired) electrons. The van der Waals surface area contributed by atoms with Gasteiger partial charge in [-0.05, 0) is 31.4 Å². The first kappa shape index (κ1) is 13.2. The highest BCUT2D eigenvalue weighted by atomic mass is 16.4. The monoisotopic (exact) mass is 257 g/mol. The van der Waals surface area contributed by atoms with Gasteiger partial charge in [0.15, 0.2) is 0 Å². The summed E-state index contributed by atoms with van der Waals surface area (Å²) in [5.74, 6) is 3.94. The zero-order valence-corrected chi connectivity index (χ0v) is 10.5. The first-order valence-corrected chi connectivity index (χ1v) is 6.29. The molecule has 0 unspecified atom stereocenters. The Kier molecular flexibility index (Phi) is 4.19. The lowest BCUT2D eigenvalue weighted by Gasteiger charge is -2.31. The number of nitrogens with zero attached hydrogens (tertiary/aromatic N) is 1. The third-order valence-corrected chi connectivity index (χ3v) is 3.14. The van der Waals surface area contributed by atoms with E-state index in [1.54, 1.807) is 0 Å². The van der Waals surface area contributed by atoms with E-state index in [0.717, 1.165) is 18.4 Å². The van der Waals surface area contributed by atoms with E-state index in [1.807, 2.05) is 30.3 Å². The molecule has 19 heavy (non-hydrogen) atoms. The van der Waals surface area contributed by atoms with Crippen LogP contribution in [0.1, 0.15) is 24.8 Å². The van der Waals surface area contributed by atoms with Crippen LogP contribution in [0.5, 0.6) is 0 Å². The lowest BCUT2D eigenvalue weighted by Crippen LogP contribution is -2.47. The van der Waals surface area contributed by atoms with Crippen molar-refractivity contribution in [3.05, 3.63) is 35.9 Å². The number of carboxylic acids is 1. The van der Waals surface area contributed by atoms with E-state index in [2.05, 4.69) is 11.8 Å². The summed E-state index contributed by atoms with van der Waals surface area (Å²) in [5.41, 5.74) is 0.750. The fourth-order valence-electron chi connectivity index (χ4n) is 2.15. The summed E-state index contributed by atoms with van der Waals surface area (Å²) in [5, 5.41) is 9.10. The van der Waals surface area contributed by atoms with Gasteiger partial charge in [0.1, 0.15) is 6.04 Å². The van der Waals surface area contributed by atoms with Gasteiger partial charge in [-0.25, -0.2) is 4.79 Å². The summed E-state index contributed by atoms with van der Waals surface area (Å²) in [7, 11) is 0. The van der Waals surface area contributed by atoms with Gasteiger partial charge in [-0.1, -0.05) is 24.1 Å². The predicted molar refractivity (Wildman–Crippen MR) is 70.3 cm³/mol. The van der Waals surface area contributed by atoms with Crippen LogP contribution >= 0.6 is 0 Å². The molecule has 2 rings (SSSR count). The summed E-state index contributed by atoms with van der Waals surface area (Å²) in [6.45, 7) is 0.471. The molecule has 1 aliphatic rings. The fraction of sp³-hybridized carbons (Fsp3) is 0.333. The van der Waals surface area contributed by atoms with Crippen molar-refractivity contribution in [3.8, 4) is 11.8 Å². The second kappa shape index (κ2) is 6.05. The highest BCUT2D eigenvalue weighted by Gasteiger charge is 2.31. The van der Waals surface area contributed by atoms with Gasteiger partial charge < -0.3 is 10.0 Å². The van der Waals surface area contributed by atoms with Gasteiger partial charge in [-0.3, -0.25) is 4.79 Å². The van der Waals surface area contributed by atoms with Crippen LogP contribution in [0.2, 0.25) is 0 Å². The van der Waals surface area contributed by atoms with Crippen molar-refractivity contribution in [3.63, 3.8) is 0 Å². The molecule has 1 saturated heterocycles. The molecule has 1 N–H and O–H groups in total. The minimum atomic E-state index is -0.949. The van der Waals surface area contributed by atoms with Crippen molar-refractivity contribution < 1.29 is 14.7 Å². The van der Waals surface area contributed by atoms with E-state index in [9.17, 15) is 9.59 Å². The number of rotatable bonds is 1. The molecular weight excluding hydrogens is 242 g/mol. The normalized spacial score (nSPS) is 18.3. The van der Waals surface area contributed by atoms with Crippen LogP contribution in [0.3, 0.4) is 0 Å². The van der Waals surface area contributed by atoms with Crippen LogP contribution in [0, 0.1) is 11.8 Å². The summed E-state index contributed by atoms with van der Waals surface area (Å²) in [6.07, 6.45) is 2.18. The van der Waals surface area contributed by atoms with E-state index in [1.165, 1.54) is 4.90 Å². The van der Waals surface area contributed by atoms with Crippen LogP contribution < -0.4 is 0 Å². The average molecular weight is 257 g/mol. The van der Waals surface area contributed by atoms with Crippen molar-refractivity contribution in [1.82, 2.24) is 4.90 Å². The number of benzene rings is 1. The zero-order valence-electron chi connectivity index (χ0n) is 10.5. The number of amides is 1. The third kappa shape index (κ3) is 3.35. The Labute approximate surface area is 112 Å². The van der Waals surface area contributed by atoms with E-state index in [4.69, 9.17) is 5.11 Å². The second-order valence-electron chi connectivity index (χ2n) is 4.46. The van der Waals surface area contributed by atoms with E-state index in [0.29, 0.717) is 13.0 Å². The number of hydrogen-bond donors (Lipinski definition) is 1. The van der Waals surface area contributed by atoms with Gasteiger partial charge in [-0.15, -0.1) is 0 Å². The van der Waals surface area contributed by atoms with E-state index >= 15 is 0 Å². The molecule has 0 aromatic heterocycles. The minimum absolute atomic E-state index is 0.407. The average Bonchev–Trinajstić information content (AvgIpc) is 2.46. The molecule has 1 aromatic rings. The van der Waals surface area contributed by atoms with Crippen LogP contribution in [0.15, 0.2) is 30.3 Å². The van der Waals surface area contributed by atoms with Gasteiger partial charge in [-0.2, -0.15) is 0 Å². The number of carbonyl (C=O) groups excluding carboxylic acids is 1. The SMILES string of the molecule is O=C(O)[C@H]1CCCCN1C(=O)C#Cc1ccccc1.